The Labute approximate surface area is 119 Å². The van der Waals surface area contributed by atoms with Crippen LogP contribution < -0.4 is 5.32 Å². The molecule has 1 aromatic rings. The van der Waals surface area contributed by atoms with Crippen molar-refractivity contribution in [1.29, 1.82) is 5.26 Å². The van der Waals surface area contributed by atoms with Crippen molar-refractivity contribution in [3.05, 3.63) is 34.3 Å². The molecule has 0 bridgehead atoms. The van der Waals surface area contributed by atoms with Crippen molar-refractivity contribution in [2.75, 3.05) is 6.54 Å². The maximum Gasteiger partial charge on any atom is 0.324 e. The van der Waals surface area contributed by atoms with Crippen LogP contribution in [0.25, 0.3) is 0 Å². The summed E-state index contributed by atoms with van der Waals surface area (Å²) in [5, 5.41) is 11.3. The fourth-order valence-corrected chi connectivity index (χ4v) is 2.41. The number of halogens is 1. The van der Waals surface area contributed by atoms with Crippen LogP contribution >= 0.6 is 15.9 Å². The molecule has 0 unspecified atom stereocenters. The van der Waals surface area contributed by atoms with Crippen molar-refractivity contribution in [3.63, 3.8) is 0 Å². The third-order valence-electron chi connectivity index (χ3n) is 2.92. The predicted octanol–water partition coefficient (Wildman–Crippen LogP) is 2.35. The molecule has 1 N–H and O–H groups in total. The molecule has 98 valence electrons. The van der Waals surface area contributed by atoms with E-state index in [1.54, 1.807) is 0 Å². The number of nitrogens with one attached hydrogen (secondary N) is 1. The molecule has 1 fully saturated rings. The Bertz CT molecular complexity index is 535. The van der Waals surface area contributed by atoms with Crippen LogP contribution in [0.5, 0.6) is 0 Å². The Morgan fingerprint density at radius 3 is 2.89 bits per heavy atom. The summed E-state index contributed by atoms with van der Waals surface area (Å²) >= 11 is 3.36. The molecule has 0 aromatic heterocycles. The van der Waals surface area contributed by atoms with Gasteiger partial charge in [0.05, 0.1) is 25.0 Å². The highest BCUT2D eigenvalue weighted by atomic mass is 79.9. The van der Waals surface area contributed by atoms with Gasteiger partial charge in [-0.15, -0.1) is 0 Å². The predicted molar refractivity (Wildman–Crippen MR) is 72.0 cm³/mol. The van der Waals surface area contributed by atoms with E-state index in [0.29, 0.717) is 0 Å². The highest BCUT2D eigenvalue weighted by Crippen LogP contribution is 2.24. The average molecular weight is 322 g/mol. The second-order valence-corrected chi connectivity index (χ2v) is 5.13. The van der Waals surface area contributed by atoms with E-state index in [4.69, 9.17) is 5.26 Å². The fraction of sp³-hybridized carbons (Fsp3) is 0.308. The standard InChI is InChI=1S/C13H12BrN3O2/c14-10-4-1-3-9(7-10)11-8-12(18)17(6-2-5-15)13(19)16-11/h1,3-4,7,11H,2,6,8H2,(H,16,19)/t11-/m1/s1. The second-order valence-electron chi connectivity index (χ2n) is 4.21. The Kier molecular flexibility index (Phi) is 4.17. The number of benzene rings is 1. The molecule has 1 aliphatic heterocycles. The maximum atomic E-state index is 11.9. The monoisotopic (exact) mass is 321 g/mol. The van der Waals surface area contributed by atoms with Gasteiger partial charge in [-0.3, -0.25) is 9.69 Å². The van der Waals surface area contributed by atoms with Gasteiger partial charge >= 0.3 is 6.03 Å². The zero-order valence-corrected chi connectivity index (χ0v) is 11.7. The lowest BCUT2D eigenvalue weighted by Crippen LogP contribution is -2.51. The number of hydrogen-bond acceptors (Lipinski definition) is 3. The molecular weight excluding hydrogens is 310 g/mol. The van der Waals surface area contributed by atoms with E-state index in [1.807, 2.05) is 30.3 Å². The molecule has 5 nitrogen and oxygen atoms in total. The summed E-state index contributed by atoms with van der Waals surface area (Å²) < 4.78 is 0.901. The first-order valence-corrected chi connectivity index (χ1v) is 6.64. The molecule has 6 heteroatoms. The molecule has 19 heavy (non-hydrogen) atoms. The first-order chi connectivity index (χ1) is 9.11. The van der Waals surface area contributed by atoms with E-state index in [-0.39, 0.29) is 31.3 Å². The Morgan fingerprint density at radius 2 is 2.26 bits per heavy atom. The third kappa shape index (κ3) is 3.12. The Balaban J connectivity index is 2.11. The van der Waals surface area contributed by atoms with Gasteiger partial charge in [0.25, 0.3) is 0 Å². The molecular formula is C13H12BrN3O2. The lowest BCUT2D eigenvalue weighted by Gasteiger charge is -2.31. The quantitative estimate of drug-likeness (QED) is 0.928. The summed E-state index contributed by atoms with van der Waals surface area (Å²) in [6.07, 6.45) is 0.369. The lowest BCUT2D eigenvalue weighted by atomic mass is 10.0. The zero-order valence-electron chi connectivity index (χ0n) is 10.1. The average Bonchev–Trinajstić information content (AvgIpc) is 2.37. The summed E-state index contributed by atoms with van der Waals surface area (Å²) in [5.41, 5.74) is 0.885. The fourth-order valence-electron chi connectivity index (χ4n) is 1.99. The van der Waals surface area contributed by atoms with Gasteiger partial charge in [-0.2, -0.15) is 5.26 Å². The summed E-state index contributed by atoms with van der Waals surface area (Å²) in [5.74, 6) is -0.246. The van der Waals surface area contributed by atoms with Crippen LogP contribution in [0, 0.1) is 11.3 Å². The third-order valence-corrected chi connectivity index (χ3v) is 3.41. The van der Waals surface area contributed by atoms with E-state index in [1.165, 1.54) is 0 Å². The molecule has 2 rings (SSSR count). The minimum absolute atomic E-state index is 0.145. The molecule has 1 heterocycles. The number of urea groups is 1. The minimum atomic E-state index is -0.434. The molecule has 0 aliphatic carbocycles. The topological polar surface area (TPSA) is 73.2 Å². The van der Waals surface area contributed by atoms with E-state index < -0.39 is 6.03 Å². The van der Waals surface area contributed by atoms with Gasteiger partial charge in [0, 0.05) is 11.0 Å². The van der Waals surface area contributed by atoms with Gasteiger partial charge in [-0.1, -0.05) is 28.1 Å². The minimum Gasteiger partial charge on any atom is -0.330 e. The lowest BCUT2D eigenvalue weighted by molar-refractivity contribution is -0.130. The molecule has 0 radical (unpaired) electrons. The first kappa shape index (κ1) is 13.6. The molecule has 0 spiro atoms. The van der Waals surface area contributed by atoms with Gasteiger partial charge in [0.1, 0.15) is 0 Å². The largest absolute Gasteiger partial charge is 0.330 e. The zero-order chi connectivity index (χ0) is 13.8. The summed E-state index contributed by atoms with van der Waals surface area (Å²) in [6, 6.07) is 8.67. The van der Waals surface area contributed by atoms with Gasteiger partial charge in [-0.25, -0.2) is 4.79 Å². The van der Waals surface area contributed by atoms with Crippen LogP contribution in [0.15, 0.2) is 28.7 Å². The van der Waals surface area contributed by atoms with Crippen LogP contribution in [0.4, 0.5) is 4.79 Å². The van der Waals surface area contributed by atoms with Gasteiger partial charge in [0.15, 0.2) is 0 Å². The number of carbonyl (C=O) groups is 2. The number of rotatable bonds is 3. The molecule has 1 saturated heterocycles. The number of hydrogen-bond donors (Lipinski definition) is 1. The number of nitriles is 1. The normalized spacial score (nSPS) is 18.9. The van der Waals surface area contributed by atoms with Gasteiger partial charge < -0.3 is 5.32 Å². The van der Waals surface area contributed by atoms with Crippen molar-refractivity contribution < 1.29 is 9.59 Å². The van der Waals surface area contributed by atoms with Crippen molar-refractivity contribution in [2.45, 2.75) is 18.9 Å². The molecule has 1 atom stereocenters. The highest BCUT2D eigenvalue weighted by molar-refractivity contribution is 9.10. The van der Waals surface area contributed by atoms with Crippen LogP contribution in [0.2, 0.25) is 0 Å². The summed E-state index contributed by atoms with van der Waals surface area (Å²) in [4.78, 5) is 24.9. The summed E-state index contributed by atoms with van der Waals surface area (Å²) in [6.45, 7) is 0.145. The number of imide groups is 1. The SMILES string of the molecule is N#CCCN1C(=O)C[C@H](c2cccc(Br)c2)NC1=O. The highest BCUT2D eigenvalue weighted by Gasteiger charge is 2.32. The van der Waals surface area contributed by atoms with E-state index >= 15 is 0 Å². The Morgan fingerprint density at radius 1 is 1.47 bits per heavy atom. The molecule has 1 aliphatic rings. The first-order valence-electron chi connectivity index (χ1n) is 5.85. The van der Waals surface area contributed by atoms with E-state index in [0.717, 1.165) is 14.9 Å². The van der Waals surface area contributed by atoms with E-state index in [2.05, 4.69) is 21.2 Å². The maximum absolute atomic E-state index is 11.9. The second kappa shape index (κ2) is 5.85. The Hall–Kier alpha value is -1.87. The van der Waals surface area contributed by atoms with Crippen molar-refractivity contribution in [3.8, 4) is 6.07 Å². The molecule has 3 amide bonds. The summed E-state index contributed by atoms with van der Waals surface area (Å²) in [7, 11) is 0. The number of nitrogens with zero attached hydrogens (tertiary/aromatic N) is 2. The van der Waals surface area contributed by atoms with Gasteiger partial charge in [-0.05, 0) is 17.7 Å². The van der Waals surface area contributed by atoms with Crippen LogP contribution in [-0.4, -0.2) is 23.4 Å². The van der Waals surface area contributed by atoms with Crippen LogP contribution in [0.3, 0.4) is 0 Å². The smallest absolute Gasteiger partial charge is 0.324 e. The number of amides is 3. The van der Waals surface area contributed by atoms with E-state index in [9.17, 15) is 9.59 Å². The molecule has 0 saturated carbocycles. The van der Waals surface area contributed by atoms with Crippen molar-refractivity contribution >= 4 is 27.9 Å². The van der Waals surface area contributed by atoms with Crippen LogP contribution in [-0.2, 0) is 4.79 Å². The van der Waals surface area contributed by atoms with Crippen LogP contribution in [0.1, 0.15) is 24.4 Å². The van der Waals surface area contributed by atoms with Gasteiger partial charge in [0.2, 0.25) is 5.91 Å². The van der Waals surface area contributed by atoms with Crippen molar-refractivity contribution in [1.82, 2.24) is 10.2 Å². The molecule has 1 aromatic carbocycles. The number of carbonyl (C=O) groups excluding carboxylic acids is 2. The van der Waals surface area contributed by atoms with Crippen molar-refractivity contribution in [2.24, 2.45) is 0 Å².